The van der Waals surface area contributed by atoms with Gasteiger partial charge in [-0.3, -0.25) is 4.68 Å². The van der Waals surface area contributed by atoms with E-state index >= 15 is 0 Å². The average molecular weight is 314 g/mol. The molecule has 0 aliphatic heterocycles. The molecule has 0 spiro atoms. The molecular weight excluding hydrogens is 290 g/mol. The molecular formula is C14H24BrN3. The van der Waals surface area contributed by atoms with E-state index in [0.29, 0.717) is 5.92 Å². The van der Waals surface area contributed by atoms with Crippen molar-refractivity contribution in [1.82, 2.24) is 15.1 Å². The molecule has 0 aromatic carbocycles. The van der Waals surface area contributed by atoms with Gasteiger partial charge in [0.15, 0.2) is 0 Å². The number of nitrogens with zero attached hydrogens (tertiary/aromatic N) is 2. The van der Waals surface area contributed by atoms with Crippen molar-refractivity contribution in [3.8, 4) is 0 Å². The summed E-state index contributed by atoms with van der Waals surface area (Å²) in [6, 6.07) is 0. The zero-order valence-electron chi connectivity index (χ0n) is 11.6. The van der Waals surface area contributed by atoms with Gasteiger partial charge in [-0.2, -0.15) is 5.10 Å². The summed E-state index contributed by atoms with van der Waals surface area (Å²) in [6.07, 6.45) is 5.93. The molecule has 0 radical (unpaired) electrons. The van der Waals surface area contributed by atoms with Crippen molar-refractivity contribution in [1.29, 1.82) is 0 Å². The van der Waals surface area contributed by atoms with E-state index in [1.54, 1.807) is 0 Å². The zero-order chi connectivity index (χ0) is 13.1. The molecule has 1 aliphatic carbocycles. The average Bonchev–Trinajstić information content (AvgIpc) is 2.73. The van der Waals surface area contributed by atoms with Crippen LogP contribution in [-0.2, 0) is 6.54 Å². The van der Waals surface area contributed by atoms with Crippen molar-refractivity contribution in [3.05, 3.63) is 16.4 Å². The van der Waals surface area contributed by atoms with Crippen LogP contribution in [0, 0.1) is 11.8 Å². The molecule has 1 N–H and O–H groups in total. The Morgan fingerprint density at radius 3 is 2.94 bits per heavy atom. The highest BCUT2D eigenvalue weighted by molar-refractivity contribution is 9.10. The first-order valence-electron chi connectivity index (χ1n) is 7.03. The monoisotopic (exact) mass is 313 g/mol. The van der Waals surface area contributed by atoms with Gasteiger partial charge in [-0.25, -0.2) is 0 Å². The number of aromatic nitrogens is 2. The molecule has 0 saturated heterocycles. The number of aryl methyl sites for hydroxylation is 1. The van der Waals surface area contributed by atoms with Gasteiger partial charge in [-0.05, 0) is 61.1 Å². The summed E-state index contributed by atoms with van der Waals surface area (Å²) in [5.74, 6) is 2.21. The fourth-order valence-corrected chi connectivity index (χ4v) is 3.87. The lowest BCUT2D eigenvalue weighted by Crippen LogP contribution is -2.31. The van der Waals surface area contributed by atoms with Crippen LogP contribution in [-0.4, -0.2) is 23.4 Å². The van der Waals surface area contributed by atoms with Crippen molar-refractivity contribution in [2.45, 2.75) is 45.6 Å². The summed E-state index contributed by atoms with van der Waals surface area (Å²) in [5, 5.41) is 7.83. The highest BCUT2D eigenvalue weighted by Gasteiger charge is 2.32. The molecule has 1 heterocycles. The van der Waals surface area contributed by atoms with E-state index in [9.17, 15) is 0 Å². The first kappa shape index (κ1) is 14.1. The molecule has 1 saturated carbocycles. The Kier molecular flexibility index (Phi) is 4.84. The SMILES string of the molecule is CCn1ncc(Br)c1C1CC(C)CCC1CNC. The molecule has 1 fully saturated rings. The Balaban J connectivity index is 2.28. The van der Waals surface area contributed by atoms with E-state index in [-0.39, 0.29) is 0 Å². The lowest BCUT2D eigenvalue weighted by molar-refractivity contribution is 0.235. The molecule has 1 aliphatic rings. The third-order valence-corrected chi connectivity index (χ3v) is 4.82. The van der Waals surface area contributed by atoms with E-state index in [0.717, 1.165) is 24.9 Å². The Labute approximate surface area is 118 Å². The van der Waals surface area contributed by atoms with Gasteiger partial charge >= 0.3 is 0 Å². The smallest absolute Gasteiger partial charge is 0.0635 e. The summed E-state index contributed by atoms with van der Waals surface area (Å²) in [4.78, 5) is 0. The summed E-state index contributed by atoms with van der Waals surface area (Å²) >= 11 is 3.69. The molecule has 3 nitrogen and oxygen atoms in total. The lowest BCUT2D eigenvalue weighted by Gasteiger charge is -2.35. The van der Waals surface area contributed by atoms with Crippen LogP contribution in [0.4, 0.5) is 0 Å². The van der Waals surface area contributed by atoms with Gasteiger partial charge in [0, 0.05) is 12.5 Å². The normalized spacial score (nSPS) is 28.6. The standard InChI is InChI=1S/C14H24BrN3/c1-4-18-14(13(15)9-17-18)12-7-10(2)5-6-11(12)8-16-3/h9-12,16H,4-8H2,1-3H3. The molecule has 2 rings (SSSR count). The van der Waals surface area contributed by atoms with Gasteiger partial charge in [0.05, 0.1) is 16.4 Å². The maximum Gasteiger partial charge on any atom is 0.0635 e. The van der Waals surface area contributed by atoms with Crippen LogP contribution in [0.5, 0.6) is 0 Å². The number of rotatable bonds is 4. The van der Waals surface area contributed by atoms with Crippen LogP contribution in [0.2, 0.25) is 0 Å². The Hall–Kier alpha value is -0.350. The first-order valence-corrected chi connectivity index (χ1v) is 7.82. The number of hydrogen-bond acceptors (Lipinski definition) is 2. The van der Waals surface area contributed by atoms with Crippen LogP contribution in [0.15, 0.2) is 10.7 Å². The highest BCUT2D eigenvalue weighted by atomic mass is 79.9. The predicted octanol–water partition coefficient (Wildman–Crippen LogP) is 3.40. The van der Waals surface area contributed by atoms with E-state index in [4.69, 9.17) is 0 Å². The molecule has 0 amide bonds. The fourth-order valence-electron chi connectivity index (χ4n) is 3.28. The van der Waals surface area contributed by atoms with Crippen LogP contribution in [0.3, 0.4) is 0 Å². The fraction of sp³-hybridized carbons (Fsp3) is 0.786. The molecule has 102 valence electrons. The van der Waals surface area contributed by atoms with E-state index < -0.39 is 0 Å². The van der Waals surface area contributed by atoms with Gasteiger partial charge in [0.1, 0.15) is 0 Å². The third kappa shape index (κ3) is 2.80. The van der Waals surface area contributed by atoms with Gasteiger partial charge in [-0.1, -0.05) is 13.3 Å². The summed E-state index contributed by atoms with van der Waals surface area (Å²) in [5.41, 5.74) is 1.41. The summed E-state index contributed by atoms with van der Waals surface area (Å²) in [6.45, 7) is 6.61. The molecule has 1 aromatic rings. The second kappa shape index (κ2) is 6.20. The molecule has 1 aromatic heterocycles. The second-order valence-corrected chi connectivity index (χ2v) is 6.39. The van der Waals surface area contributed by atoms with Crippen LogP contribution < -0.4 is 5.32 Å². The van der Waals surface area contributed by atoms with Gasteiger partial charge < -0.3 is 5.32 Å². The van der Waals surface area contributed by atoms with Gasteiger partial charge in [-0.15, -0.1) is 0 Å². The van der Waals surface area contributed by atoms with Gasteiger partial charge in [0.25, 0.3) is 0 Å². The van der Waals surface area contributed by atoms with Crippen molar-refractivity contribution >= 4 is 15.9 Å². The summed E-state index contributed by atoms with van der Waals surface area (Å²) in [7, 11) is 2.06. The maximum absolute atomic E-state index is 4.48. The quantitative estimate of drug-likeness (QED) is 0.923. The first-order chi connectivity index (χ1) is 8.67. The maximum atomic E-state index is 4.48. The van der Waals surface area contributed by atoms with Crippen LogP contribution in [0.1, 0.15) is 44.7 Å². The van der Waals surface area contributed by atoms with Crippen molar-refractivity contribution in [2.24, 2.45) is 11.8 Å². The van der Waals surface area contributed by atoms with E-state index in [2.05, 4.69) is 51.9 Å². The lowest BCUT2D eigenvalue weighted by atomic mass is 9.73. The van der Waals surface area contributed by atoms with Crippen LogP contribution >= 0.6 is 15.9 Å². The molecule has 18 heavy (non-hydrogen) atoms. The minimum atomic E-state index is 0.637. The Morgan fingerprint density at radius 2 is 2.28 bits per heavy atom. The van der Waals surface area contributed by atoms with Crippen molar-refractivity contribution in [3.63, 3.8) is 0 Å². The Bertz CT molecular complexity index is 388. The Morgan fingerprint density at radius 1 is 1.50 bits per heavy atom. The minimum Gasteiger partial charge on any atom is -0.319 e. The van der Waals surface area contributed by atoms with Crippen molar-refractivity contribution < 1.29 is 0 Å². The summed E-state index contributed by atoms with van der Waals surface area (Å²) < 4.78 is 3.35. The topological polar surface area (TPSA) is 29.9 Å². The molecule has 0 bridgehead atoms. The van der Waals surface area contributed by atoms with Crippen molar-refractivity contribution in [2.75, 3.05) is 13.6 Å². The highest BCUT2D eigenvalue weighted by Crippen LogP contribution is 2.42. The largest absolute Gasteiger partial charge is 0.319 e. The number of nitrogens with one attached hydrogen (secondary N) is 1. The third-order valence-electron chi connectivity index (χ3n) is 4.21. The molecule has 3 atom stereocenters. The predicted molar refractivity (Wildman–Crippen MR) is 78.8 cm³/mol. The zero-order valence-corrected chi connectivity index (χ0v) is 13.2. The minimum absolute atomic E-state index is 0.637. The second-order valence-electron chi connectivity index (χ2n) is 5.54. The van der Waals surface area contributed by atoms with E-state index in [1.807, 2.05) is 6.20 Å². The number of halogens is 1. The number of hydrogen-bond donors (Lipinski definition) is 1. The van der Waals surface area contributed by atoms with Gasteiger partial charge in [0.2, 0.25) is 0 Å². The van der Waals surface area contributed by atoms with E-state index in [1.165, 1.54) is 29.4 Å². The molecule has 4 heteroatoms. The molecule has 3 unspecified atom stereocenters. The van der Waals surface area contributed by atoms with Crippen LogP contribution in [0.25, 0.3) is 0 Å².